The van der Waals surface area contributed by atoms with Crippen LogP contribution >= 0.6 is 0 Å². The molecule has 0 saturated carbocycles. The summed E-state index contributed by atoms with van der Waals surface area (Å²) in [4.78, 5) is 11.7. The highest BCUT2D eigenvalue weighted by atomic mass is 16.5. The zero-order chi connectivity index (χ0) is 15.2. The second-order valence-corrected chi connectivity index (χ2v) is 5.08. The lowest BCUT2D eigenvalue weighted by atomic mass is 10.1. The van der Waals surface area contributed by atoms with E-state index in [2.05, 4.69) is 34.8 Å². The summed E-state index contributed by atoms with van der Waals surface area (Å²) in [7, 11) is 0. The number of rotatable bonds is 6. The van der Waals surface area contributed by atoms with Gasteiger partial charge in [-0.25, -0.2) is 4.58 Å². The molecule has 1 radical (unpaired) electrons. The quantitative estimate of drug-likeness (QED) is 0.826. The minimum atomic E-state index is -0.111. The van der Waals surface area contributed by atoms with Gasteiger partial charge in [-0.3, -0.25) is 4.79 Å². The molecule has 0 atom stereocenters. The number of para-hydroxylation sites is 1. The van der Waals surface area contributed by atoms with Gasteiger partial charge in [0.2, 0.25) is 6.54 Å². The Morgan fingerprint density at radius 2 is 1.73 bits per heavy atom. The molecule has 0 spiro atoms. The molecule has 1 aliphatic heterocycles. The molecule has 0 bridgehead atoms. The van der Waals surface area contributed by atoms with Gasteiger partial charge in [0.05, 0.1) is 6.54 Å². The third-order valence-corrected chi connectivity index (χ3v) is 3.41. The highest BCUT2D eigenvalue weighted by Crippen LogP contribution is 2.14. The standard InChI is InChI=1S/C18H18N2O2/c21-18(14-22-17-8-2-1-3-9-17)19-10-11-20-12-15-6-4-5-7-16(15)13-20/h1-9,12-13H,10-11,14H2,(H,19,21)/q+1. The zero-order valence-electron chi connectivity index (χ0n) is 12.2. The van der Waals surface area contributed by atoms with Crippen molar-refractivity contribution in [3.05, 3.63) is 72.3 Å². The molecule has 2 aromatic rings. The van der Waals surface area contributed by atoms with Crippen molar-refractivity contribution in [2.75, 3.05) is 19.7 Å². The van der Waals surface area contributed by atoms with Crippen molar-refractivity contribution in [1.82, 2.24) is 5.32 Å². The molecule has 1 N–H and O–H groups in total. The van der Waals surface area contributed by atoms with Crippen LogP contribution in [0.5, 0.6) is 5.75 Å². The van der Waals surface area contributed by atoms with E-state index in [9.17, 15) is 4.79 Å². The largest absolute Gasteiger partial charge is 0.484 e. The number of hydrogen-bond acceptors (Lipinski definition) is 2. The van der Waals surface area contributed by atoms with E-state index >= 15 is 0 Å². The van der Waals surface area contributed by atoms with Crippen molar-refractivity contribution in [2.24, 2.45) is 0 Å². The number of carbonyl (C=O) groups is 1. The smallest absolute Gasteiger partial charge is 0.258 e. The van der Waals surface area contributed by atoms with Crippen LogP contribution in [0.2, 0.25) is 0 Å². The van der Waals surface area contributed by atoms with E-state index in [0.29, 0.717) is 12.3 Å². The Morgan fingerprint density at radius 1 is 1.00 bits per heavy atom. The van der Waals surface area contributed by atoms with Crippen molar-refractivity contribution in [2.45, 2.75) is 0 Å². The van der Waals surface area contributed by atoms with Crippen molar-refractivity contribution in [3.8, 4) is 5.75 Å². The Hall–Kier alpha value is -2.62. The van der Waals surface area contributed by atoms with Crippen LogP contribution in [-0.4, -0.2) is 36.4 Å². The van der Waals surface area contributed by atoms with E-state index in [-0.39, 0.29) is 12.5 Å². The number of nitrogens with one attached hydrogen (secondary N) is 1. The third-order valence-electron chi connectivity index (χ3n) is 3.41. The summed E-state index contributed by atoms with van der Waals surface area (Å²) < 4.78 is 7.49. The first-order valence-electron chi connectivity index (χ1n) is 7.30. The van der Waals surface area contributed by atoms with Crippen molar-refractivity contribution in [1.29, 1.82) is 0 Å². The van der Waals surface area contributed by atoms with E-state index in [1.807, 2.05) is 42.5 Å². The Balaban J connectivity index is 1.38. The van der Waals surface area contributed by atoms with E-state index in [1.165, 1.54) is 11.1 Å². The molecular formula is C18H18N2O2+. The molecular weight excluding hydrogens is 276 g/mol. The number of fused-ring (bicyclic) bond motifs is 1. The van der Waals surface area contributed by atoms with E-state index in [4.69, 9.17) is 4.74 Å². The predicted molar refractivity (Wildman–Crippen MR) is 85.1 cm³/mol. The molecule has 3 rings (SSSR count). The van der Waals surface area contributed by atoms with Gasteiger partial charge in [-0.1, -0.05) is 36.4 Å². The molecule has 0 aromatic heterocycles. The summed E-state index contributed by atoms with van der Waals surface area (Å²) in [5, 5.41) is 2.86. The number of benzene rings is 2. The average molecular weight is 294 g/mol. The van der Waals surface area contributed by atoms with Crippen LogP contribution in [0.3, 0.4) is 0 Å². The molecule has 111 valence electrons. The SMILES string of the molecule is O=C(COc1ccccc1)NCC[N+]1=Cc2ccccc2[CH]1. The van der Waals surface area contributed by atoms with Crippen molar-refractivity contribution in [3.63, 3.8) is 0 Å². The molecule has 2 aromatic carbocycles. The van der Waals surface area contributed by atoms with Gasteiger partial charge in [-0.15, -0.1) is 0 Å². The first-order chi connectivity index (χ1) is 10.8. The van der Waals surface area contributed by atoms with Gasteiger partial charge < -0.3 is 10.1 Å². The summed E-state index contributed by atoms with van der Waals surface area (Å²) in [5.41, 5.74) is 2.42. The second-order valence-electron chi connectivity index (χ2n) is 5.08. The van der Waals surface area contributed by atoms with Crippen LogP contribution in [-0.2, 0) is 4.79 Å². The average Bonchev–Trinajstić information content (AvgIpc) is 2.96. The minimum Gasteiger partial charge on any atom is -0.484 e. The molecule has 0 unspecified atom stereocenters. The van der Waals surface area contributed by atoms with Crippen LogP contribution in [0.25, 0.3) is 0 Å². The zero-order valence-corrected chi connectivity index (χ0v) is 12.2. The minimum absolute atomic E-state index is 0.0394. The monoisotopic (exact) mass is 294 g/mol. The maximum atomic E-state index is 11.7. The molecule has 4 heteroatoms. The first-order valence-corrected chi connectivity index (χ1v) is 7.30. The Morgan fingerprint density at radius 3 is 2.50 bits per heavy atom. The molecule has 0 saturated heterocycles. The van der Waals surface area contributed by atoms with Gasteiger partial charge in [0.25, 0.3) is 5.91 Å². The Bertz CT molecular complexity index is 680. The van der Waals surface area contributed by atoms with Gasteiger partial charge in [0, 0.05) is 11.1 Å². The molecule has 1 heterocycles. The molecule has 4 nitrogen and oxygen atoms in total. The number of ether oxygens (including phenoxy) is 1. The van der Waals surface area contributed by atoms with Crippen molar-refractivity contribution < 1.29 is 14.1 Å². The van der Waals surface area contributed by atoms with Gasteiger partial charge in [0.15, 0.2) is 19.4 Å². The highest BCUT2D eigenvalue weighted by Gasteiger charge is 2.19. The summed E-state index contributed by atoms with van der Waals surface area (Å²) >= 11 is 0. The lowest BCUT2D eigenvalue weighted by Gasteiger charge is -2.06. The molecule has 1 amide bonds. The van der Waals surface area contributed by atoms with Gasteiger partial charge in [0.1, 0.15) is 5.75 Å². The Kier molecular flexibility index (Phi) is 4.49. The van der Waals surface area contributed by atoms with Gasteiger partial charge in [-0.05, 0) is 18.2 Å². The van der Waals surface area contributed by atoms with Crippen LogP contribution in [0.4, 0.5) is 0 Å². The molecule has 1 aliphatic rings. The number of nitrogens with zero attached hydrogens (tertiary/aromatic N) is 1. The summed E-state index contributed by atoms with van der Waals surface area (Å²) in [6, 6.07) is 17.5. The van der Waals surface area contributed by atoms with Gasteiger partial charge >= 0.3 is 0 Å². The molecule has 0 fully saturated rings. The number of amides is 1. The second kappa shape index (κ2) is 6.89. The predicted octanol–water partition coefficient (Wildman–Crippen LogP) is 1.84. The Labute approximate surface area is 130 Å². The third kappa shape index (κ3) is 3.73. The fourth-order valence-corrected chi connectivity index (χ4v) is 2.31. The van der Waals surface area contributed by atoms with Crippen LogP contribution < -0.4 is 10.1 Å². The van der Waals surface area contributed by atoms with Crippen molar-refractivity contribution >= 4 is 12.1 Å². The summed E-state index contributed by atoms with van der Waals surface area (Å²) in [5.74, 6) is 0.592. The van der Waals surface area contributed by atoms with Crippen LogP contribution in [0, 0.1) is 6.54 Å². The fraction of sp³-hybridized carbons (Fsp3) is 0.167. The number of carbonyl (C=O) groups excluding carboxylic acids is 1. The van der Waals surface area contributed by atoms with Crippen LogP contribution in [0.1, 0.15) is 11.1 Å². The normalized spacial score (nSPS) is 12.5. The maximum Gasteiger partial charge on any atom is 0.258 e. The van der Waals surface area contributed by atoms with E-state index in [1.54, 1.807) is 0 Å². The molecule has 22 heavy (non-hydrogen) atoms. The maximum absolute atomic E-state index is 11.7. The first kappa shape index (κ1) is 14.3. The lowest BCUT2D eigenvalue weighted by molar-refractivity contribution is -0.470. The summed E-state index contributed by atoms with van der Waals surface area (Å²) in [6.07, 6.45) is 2.09. The van der Waals surface area contributed by atoms with E-state index in [0.717, 1.165) is 6.54 Å². The lowest BCUT2D eigenvalue weighted by Crippen LogP contribution is -2.33. The van der Waals surface area contributed by atoms with Crippen LogP contribution in [0.15, 0.2) is 54.6 Å². The fourth-order valence-electron chi connectivity index (χ4n) is 2.31. The van der Waals surface area contributed by atoms with E-state index < -0.39 is 0 Å². The van der Waals surface area contributed by atoms with Gasteiger partial charge in [-0.2, -0.15) is 0 Å². The highest BCUT2D eigenvalue weighted by molar-refractivity contribution is 5.81. The topological polar surface area (TPSA) is 41.3 Å². The summed E-state index contributed by atoms with van der Waals surface area (Å²) in [6.45, 7) is 3.45. The number of hydrogen-bond donors (Lipinski definition) is 1. The molecule has 0 aliphatic carbocycles.